The first-order chi connectivity index (χ1) is 12.5. The van der Waals surface area contributed by atoms with Gasteiger partial charge < -0.3 is 10.2 Å². The zero-order valence-electron chi connectivity index (χ0n) is 14.1. The van der Waals surface area contributed by atoms with E-state index in [1.165, 1.54) is 23.9 Å². The first-order valence-corrected chi connectivity index (χ1v) is 8.67. The quantitative estimate of drug-likeness (QED) is 0.643. The van der Waals surface area contributed by atoms with Crippen molar-refractivity contribution in [3.63, 3.8) is 0 Å². The summed E-state index contributed by atoms with van der Waals surface area (Å²) in [5, 5.41) is 14.0. The van der Waals surface area contributed by atoms with E-state index in [4.69, 9.17) is 11.6 Å². The van der Waals surface area contributed by atoms with Crippen LogP contribution in [0.3, 0.4) is 0 Å². The molecule has 0 aromatic heterocycles. The normalized spacial score (nSPS) is 14.9. The second-order valence-corrected chi connectivity index (χ2v) is 6.50. The van der Waals surface area contributed by atoms with E-state index in [9.17, 15) is 14.9 Å². The molecule has 2 aromatic rings. The second-order valence-electron chi connectivity index (χ2n) is 6.07. The largest absolute Gasteiger partial charge is 0.369 e. The third kappa shape index (κ3) is 4.50. The summed E-state index contributed by atoms with van der Waals surface area (Å²) in [6.45, 7) is 3.37. The van der Waals surface area contributed by atoms with Crippen LogP contribution in [0.1, 0.15) is 0 Å². The number of benzene rings is 2. The van der Waals surface area contributed by atoms with Gasteiger partial charge >= 0.3 is 0 Å². The molecule has 0 aliphatic carbocycles. The van der Waals surface area contributed by atoms with Crippen molar-refractivity contribution in [2.24, 2.45) is 0 Å². The van der Waals surface area contributed by atoms with Gasteiger partial charge in [-0.3, -0.25) is 19.8 Å². The van der Waals surface area contributed by atoms with Crippen molar-refractivity contribution in [3.05, 3.63) is 63.7 Å². The molecule has 1 amide bonds. The minimum Gasteiger partial charge on any atom is -0.369 e. The minimum atomic E-state index is -0.555. The Balaban J connectivity index is 1.54. The maximum absolute atomic E-state index is 12.3. The van der Waals surface area contributed by atoms with Gasteiger partial charge in [0.05, 0.1) is 11.5 Å². The number of carbonyl (C=O) groups is 1. The maximum Gasteiger partial charge on any atom is 0.294 e. The molecule has 0 radical (unpaired) electrons. The van der Waals surface area contributed by atoms with Crippen molar-refractivity contribution < 1.29 is 9.72 Å². The van der Waals surface area contributed by atoms with Crippen LogP contribution in [-0.2, 0) is 4.79 Å². The van der Waals surface area contributed by atoms with Crippen molar-refractivity contribution >= 4 is 34.6 Å². The Morgan fingerprint density at radius 1 is 1.12 bits per heavy atom. The molecule has 26 heavy (non-hydrogen) atoms. The predicted octanol–water partition coefficient (Wildman–Crippen LogP) is 3.01. The van der Waals surface area contributed by atoms with Crippen molar-refractivity contribution in [1.29, 1.82) is 0 Å². The number of carbonyl (C=O) groups excluding carboxylic acids is 1. The Morgan fingerprint density at radius 3 is 2.46 bits per heavy atom. The van der Waals surface area contributed by atoms with E-state index in [1.807, 2.05) is 23.1 Å². The Labute approximate surface area is 156 Å². The zero-order chi connectivity index (χ0) is 18.5. The van der Waals surface area contributed by atoms with E-state index in [0.717, 1.165) is 26.2 Å². The average molecular weight is 375 g/mol. The molecular weight excluding hydrogens is 356 g/mol. The monoisotopic (exact) mass is 374 g/mol. The minimum absolute atomic E-state index is 0.160. The Morgan fingerprint density at radius 2 is 1.81 bits per heavy atom. The Kier molecular flexibility index (Phi) is 5.70. The number of nitrogens with one attached hydrogen (secondary N) is 1. The van der Waals surface area contributed by atoms with E-state index in [1.54, 1.807) is 0 Å². The lowest BCUT2D eigenvalue weighted by Crippen LogP contribution is -2.48. The molecule has 1 fully saturated rings. The molecule has 0 saturated carbocycles. The summed E-state index contributed by atoms with van der Waals surface area (Å²) >= 11 is 5.79. The number of halogens is 1. The van der Waals surface area contributed by atoms with Crippen LogP contribution in [-0.4, -0.2) is 48.5 Å². The molecule has 136 valence electrons. The van der Waals surface area contributed by atoms with Crippen LogP contribution in [0.2, 0.25) is 5.02 Å². The topological polar surface area (TPSA) is 78.7 Å². The van der Waals surface area contributed by atoms with E-state index in [0.29, 0.717) is 0 Å². The smallest absolute Gasteiger partial charge is 0.294 e. The van der Waals surface area contributed by atoms with Crippen LogP contribution in [0.4, 0.5) is 17.1 Å². The van der Waals surface area contributed by atoms with Gasteiger partial charge in [-0.15, -0.1) is 0 Å². The van der Waals surface area contributed by atoms with E-state index < -0.39 is 4.92 Å². The van der Waals surface area contributed by atoms with Crippen molar-refractivity contribution in [1.82, 2.24) is 4.90 Å². The van der Waals surface area contributed by atoms with Crippen LogP contribution < -0.4 is 10.2 Å². The summed E-state index contributed by atoms with van der Waals surface area (Å²) in [7, 11) is 0. The number of amides is 1. The number of anilines is 2. The lowest BCUT2D eigenvalue weighted by Gasteiger charge is -2.35. The first-order valence-electron chi connectivity index (χ1n) is 8.29. The predicted molar refractivity (Wildman–Crippen MR) is 102 cm³/mol. The maximum atomic E-state index is 12.3. The van der Waals surface area contributed by atoms with Gasteiger partial charge in [0.2, 0.25) is 5.91 Å². The number of para-hydroxylation sites is 1. The highest BCUT2D eigenvalue weighted by molar-refractivity contribution is 6.31. The highest BCUT2D eigenvalue weighted by atomic mass is 35.5. The Bertz CT molecular complexity index is 792. The molecule has 3 rings (SSSR count). The third-order valence-corrected chi connectivity index (χ3v) is 4.53. The molecule has 1 saturated heterocycles. The number of nitro benzene ring substituents is 1. The SMILES string of the molecule is O=C(CN1CCN(c2ccccc2)CC1)Nc1ccc(Cl)cc1[N+](=O)[O-]. The van der Waals surface area contributed by atoms with Gasteiger partial charge in [-0.2, -0.15) is 0 Å². The molecule has 8 heteroatoms. The molecular formula is C18H19ClN4O3. The molecule has 1 aliphatic heterocycles. The molecule has 2 aromatic carbocycles. The lowest BCUT2D eigenvalue weighted by molar-refractivity contribution is -0.383. The van der Waals surface area contributed by atoms with E-state index in [-0.39, 0.29) is 28.8 Å². The summed E-state index contributed by atoms with van der Waals surface area (Å²) in [6.07, 6.45) is 0. The first kappa shape index (κ1) is 18.2. The van der Waals surface area contributed by atoms with Crippen LogP contribution in [0.5, 0.6) is 0 Å². The number of nitrogens with zero attached hydrogens (tertiary/aromatic N) is 3. The van der Waals surface area contributed by atoms with E-state index >= 15 is 0 Å². The number of hydrogen-bond acceptors (Lipinski definition) is 5. The molecule has 0 unspecified atom stereocenters. The summed E-state index contributed by atoms with van der Waals surface area (Å²) in [4.78, 5) is 27.1. The zero-order valence-corrected chi connectivity index (χ0v) is 14.9. The Hall–Kier alpha value is -2.64. The highest BCUT2D eigenvalue weighted by Crippen LogP contribution is 2.27. The molecule has 0 spiro atoms. The van der Waals surface area contributed by atoms with Gasteiger partial charge in [0.1, 0.15) is 5.69 Å². The van der Waals surface area contributed by atoms with Crippen LogP contribution in [0.15, 0.2) is 48.5 Å². The highest BCUT2D eigenvalue weighted by Gasteiger charge is 2.21. The van der Waals surface area contributed by atoms with Crippen LogP contribution >= 0.6 is 11.6 Å². The van der Waals surface area contributed by atoms with Gasteiger partial charge in [0, 0.05) is 43.0 Å². The number of hydrogen-bond donors (Lipinski definition) is 1. The molecule has 1 aliphatic rings. The van der Waals surface area contributed by atoms with Gasteiger partial charge in [0.15, 0.2) is 0 Å². The summed E-state index contributed by atoms with van der Waals surface area (Å²) in [5.74, 6) is -0.274. The number of nitro groups is 1. The number of piperazine rings is 1. The third-order valence-electron chi connectivity index (χ3n) is 4.29. The standard InChI is InChI=1S/C18H19ClN4O3/c19-14-6-7-16(17(12-14)23(25)26)20-18(24)13-21-8-10-22(11-9-21)15-4-2-1-3-5-15/h1-7,12H,8-11,13H2,(H,20,24). The number of rotatable bonds is 5. The summed E-state index contributed by atoms with van der Waals surface area (Å²) in [6, 6.07) is 14.3. The van der Waals surface area contributed by atoms with Crippen molar-refractivity contribution in [2.75, 3.05) is 42.9 Å². The fourth-order valence-electron chi connectivity index (χ4n) is 2.96. The molecule has 7 nitrogen and oxygen atoms in total. The van der Waals surface area contributed by atoms with Gasteiger partial charge in [-0.25, -0.2) is 0 Å². The summed E-state index contributed by atoms with van der Waals surface area (Å²) < 4.78 is 0. The average Bonchev–Trinajstić information content (AvgIpc) is 2.64. The fraction of sp³-hybridized carbons (Fsp3) is 0.278. The molecule has 0 bridgehead atoms. The van der Waals surface area contributed by atoms with Crippen molar-refractivity contribution in [3.8, 4) is 0 Å². The van der Waals surface area contributed by atoms with Gasteiger partial charge in [-0.1, -0.05) is 29.8 Å². The van der Waals surface area contributed by atoms with Crippen LogP contribution in [0, 0.1) is 10.1 Å². The second kappa shape index (κ2) is 8.16. The van der Waals surface area contributed by atoms with Gasteiger partial charge in [-0.05, 0) is 24.3 Å². The van der Waals surface area contributed by atoms with Gasteiger partial charge in [0.25, 0.3) is 5.69 Å². The molecule has 1 heterocycles. The van der Waals surface area contributed by atoms with E-state index in [2.05, 4.69) is 22.3 Å². The lowest BCUT2D eigenvalue weighted by atomic mass is 10.2. The fourth-order valence-corrected chi connectivity index (χ4v) is 3.12. The summed E-state index contributed by atoms with van der Waals surface area (Å²) in [5.41, 5.74) is 1.13. The van der Waals surface area contributed by atoms with Crippen molar-refractivity contribution in [2.45, 2.75) is 0 Å². The molecule has 0 atom stereocenters. The molecule has 1 N–H and O–H groups in total. The van der Waals surface area contributed by atoms with Crippen LogP contribution in [0.25, 0.3) is 0 Å².